The summed E-state index contributed by atoms with van der Waals surface area (Å²) in [6, 6.07) is 0. The molecule has 1 atom stereocenters. The molecule has 3 nitrogen and oxygen atoms in total. The summed E-state index contributed by atoms with van der Waals surface area (Å²) in [5.74, 6) is -0.601. The second-order valence-corrected chi connectivity index (χ2v) is 4.20. The molecule has 0 spiro atoms. The molecule has 0 aliphatic rings. The summed E-state index contributed by atoms with van der Waals surface area (Å²) >= 11 is 7.51. The molecule has 1 N–H and O–H groups in total. The maximum atomic E-state index is 10.9. The lowest BCUT2D eigenvalue weighted by Gasteiger charge is -2.12. The highest BCUT2D eigenvalue weighted by Crippen LogP contribution is 2.08. The SMILES string of the molecule is CCCCCC(O)OC(=O)C(S)S. The Hall–Kier alpha value is 0.130. The van der Waals surface area contributed by atoms with Crippen LogP contribution in [-0.4, -0.2) is 21.9 Å². The van der Waals surface area contributed by atoms with Gasteiger partial charge < -0.3 is 9.84 Å². The Morgan fingerprint density at radius 1 is 1.46 bits per heavy atom. The van der Waals surface area contributed by atoms with Crippen molar-refractivity contribution in [1.29, 1.82) is 0 Å². The number of hydrogen-bond acceptors (Lipinski definition) is 5. The molecule has 0 saturated carbocycles. The van der Waals surface area contributed by atoms with E-state index in [-0.39, 0.29) is 0 Å². The van der Waals surface area contributed by atoms with Crippen molar-refractivity contribution in [2.24, 2.45) is 0 Å². The Morgan fingerprint density at radius 3 is 2.54 bits per heavy atom. The van der Waals surface area contributed by atoms with Gasteiger partial charge in [-0.1, -0.05) is 19.8 Å². The number of ether oxygens (including phenoxy) is 1. The minimum absolute atomic E-state index is 0.480. The van der Waals surface area contributed by atoms with E-state index in [0.717, 1.165) is 19.3 Å². The number of thiol groups is 2. The van der Waals surface area contributed by atoms with Crippen molar-refractivity contribution >= 4 is 31.2 Å². The molecule has 0 radical (unpaired) electrons. The third-order valence-electron chi connectivity index (χ3n) is 1.52. The van der Waals surface area contributed by atoms with Crippen LogP contribution in [0.4, 0.5) is 0 Å². The van der Waals surface area contributed by atoms with Crippen molar-refractivity contribution in [2.75, 3.05) is 0 Å². The number of unbranched alkanes of at least 4 members (excludes halogenated alkanes) is 2. The molecule has 13 heavy (non-hydrogen) atoms. The Labute approximate surface area is 89.7 Å². The fraction of sp³-hybridized carbons (Fsp3) is 0.875. The first-order valence-electron chi connectivity index (χ1n) is 4.32. The Bertz CT molecular complexity index is 150. The topological polar surface area (TPSA) is 46.5 Å². The second kappa shape index (κ2) is 7.53. The van der Waals surface area contributed by atoms with Crippen LogP contribution >= 0.6 is 25.3 Å². The quantitative estimate of drug-likeness (QED) is 0.278. The molecule has 0 aromatic rings. The number of esters is 1. The molecular formula is C8H16O3S2. The van der Waals surface area contributed by atoms with Crippen LogP contribution in [0.1, 0.15) is 32.6 Å². The first-order chi connectivity index (χ1) is 6.07. The smallest absolute Gasteiger partial charge is 0.331 e. The van der Waals surface area contributed by atoms with Crippen LogP contribution in [0, 0.1) is 0 Å². The maximum Gasteiger partial charge on any atom is 0.331 e. The van der Waals surface area contributed by atoms with Gasteiger partial charge in [-0.15, -0.1) is 0 Å². The van der Waals surface area contributed by atoms with E-state index in [1.807, 2.05) is 0 Å². The Morgan fingerprint density at radius 2 is 2.08 bits per heavy atom. The molecule has 5 heteroatoms. The number of aliphatic hydroxyl groups is 1. The van der Waals surface area contributed by atoms with E-state index in [1.165, 1.54) is 0 Å². The van der Waals surface area contributed by atoms with Crippen LogP contribution in [0.3, 0.4) is 0 Å². The van der Waals surface area contributed by atoms with Crippen LogP contribution in [-0.2, 0) is 9.53 Å². The van der Waals surface area contributed by atoms with Crippen LogP contribution in [0.15, 0.2) is 0 Å². The number of rotatable bonds is 6. The third kappa shape index (κ3) is 7.22. The van der Waals surface area contributed by atoms with Gasteiger partial charge in [0.2, 0.25) is 6.29 Å². The fourth-order valence-corrected chi connectivity index (χ4v) is 0.945. The van der Waals surface area contributed by atoms with Gasteiger partial charge in [-0.3, -0.25) is 0 Å². The monoisotopic (exact) mass is 224 g/mol. The molecule has 0 amide bonds. The van der Waals surface area contributed by atoms with Gasteiger partial charge in [0, 0.05) is 6.42 Å². The maximum absolute atomic E-state index is 10.9. The molecule has 0 bridgehead atoms. The van der Waals surface area contributed by atoms with Gasteiger partial charge in [-0.25, -0.2) is 4.79 Å². The normalized spacial score (nSPS) is 13.0. The Balaban J connectivity index is 3.50. The highest BCUT2D eigenvalue weighted by atomic mass is 32.2. The molecule has 0 rings (SSSR count). The molecule has 1 unspecified atom stereocenters. The van der Waals surface area contributed by atoms with Crippen molar-refractivity contribution < 1.29 is 14.6 Å². The summed E-state index contributed by atoms with van der Waals surface area (Å²) in [4.78, 5) is 10.9. The number of aliphatic hydroxyl groups excluding tert-OH is 1. The highest BCUT2D eigenvalue weighted by Gasteiger charge is 2.14. The van der Waals surface area contributed by atoms with Gasteiger partial charge in [0.15, 0.2) is 0 Å². The van der Waals surface area contributed by atoms with Crippen molar-refractivity contribution in [2.45, 2.75) is 43.5 Å². The van der Waals surface area contributed by atoms with E-state index in [1.54, 1.807) is 0 Å². The molecule has 0 heterocycles. The van der Waals surface area contributed by atoms with Crippen LogP contribution in [0.2, 0.25) is 0 Å². The van der Waals surface area contributed by atoms with E-state index in [9.17, 15) is 9.90 Å². The zero-order valence-electron chi connectivity index (χ0n) is 7.64. The standard InChI is InChI=1S/C8H16O3S2/c1-2-3-4-5-6(9)11-7(10)8(12)13/h6,8-9,12-13H,2-5H2,1H3. The van der Waals surface area contributed by atoms with E-state index in [2.05, 4.69) is 36.9 Å². The van der Waals surface area contributed by atoms with Crippen LogP contribution in [0.25, 0.3) is 0 Å². The van der Waals surface area contributed by atoms with Crippen molar-refractivity contribution in [1.82, 2.24) is 0 Å². The summed E-state index contributed by atoms with van der Waals surface area (Å²) in [6.45, 7) is 2.07. The third-order valence-corrected chi connectivity index (χ3v) is 1.94. The minimum atomic E-state index is -1.01. The van der Waals surface area contributed by atoms with E-state index in [0.29, 0.717) is 6.42 Å². The molecule has 0 saturated heterocycles. The zero-order valence-corrected chi connectivity index (χ0v) is 9.43. The summed E-state index contributed by atoms with van der Waals surface area (Å²) < 4.78 is 3.85. The Kier molecular flexibility index (Phi) is 7.60. The average molecular weight is 224 g/mol. The van der Waals surface area contributed by atoms with E-state index >= 15 is 0 Å². The van der Waals surface area contributed by atoms with Gasteiger partial charge >= 0.3 is 5.97 Å². The van der Waals surface area contributed by atoms with Gasteiger partial charge in [0.1, 0.15) is 4.58 Å². The van der Waals surface area contributed by atoms with Crippen LogP contribution < -0.4 is 0 Å². The van der Waals surface area contributed by atoms with Crippen molar-refractivity contribution in [3.05, 3.63) is 0 Å². The summed E-state index contributed by atoms with van der Waals surface area (Å²) in [5.41, 5.74) is 0. The lowest BCUT2D eigenvalue weighted by molar-refractivity contribution is -0.166. The van der Waals surface area contributed by atoms with E-state index in [4.69, 9.17) is 0 Å². The molecule has 0 fully saturated rings. The summed E-state index contributed by atoms with van der Waals surface area (Å²) in [5, 5.41) is 9.18. The molecule has 0 aliphatic heterocycles. The van der Waals surface area contributed by atoms with Crippen LogP contribution in [0.5, 0.6) is 0 Å². The van der Waals surface area contributed by atoms with Gasteiger partial charge in [-0.2, -0.15) is 25.3 Å². The molecule has 78 valence electrons. The lowest BCUT2D eigenvalue weighted by atomic mass is 10.2. The van der Waals surface area contributed by atoms with Gasteiger partial charge in [-0.05, 0) is 6.42 Å². The van der Waals surface area contributed by atoms with Crippen molar-refractivity contribution in [3.63, 3.8) is 0 Å². The minimum Gasteiger partial charge on any atom is -0.435 e. The number of hydrogen-bond donors (Lipinski definition) is 3. The first kappa shape index (κ1) is 13.1. The zero-order chi connectivity index (χ0) is 10.3. The summed E-state index contributed by atoms with van der Waals surface area (Å²) in [7, 11) is 0. The first-order valence-corrected chi connectivity index (χ1v) is 5.36. The summed E-state index contributed by atoms with van der Waals surface area (Å²) in [6.07, 6.45) is 2.42. The average Bonchev–Trinajstić information content (AvgIpc) is 2.04. The molecule has 0 aromatic heterocycles. The molecule has 0 aromatic carbocycles. The second-order valence-electron chi connectivity index (χ2n) is 2.76. The van der Waals surface area contributed by atoms with Gasteiger partial charge in [0.05, 0.1) is 0 Å². The predicted octanol–water partition coefficient (Wildman–Crippen LogP) is 1.61. The lowest BCUT2D eigenvalue weighted by Crippen LogP contribution is -2.21. The van der Waals surface area contributed by atoms with E-state index < -0.39 is 16.8 Å². The largest absolute Gasteiger partial charge is 0.435 e. The highest BCUT2D eigenvalue weighted by molar-refractivity contribution is 8.00. The molecule has 0 aliphatic carbocycles. The van der Waals surface area contributed by atoms with Gasteiger partial charge in [0.25, 0.3) is 0 Å². The predicted molar refractivity (Wildman–Crippen MR) is 58.0 cm³/mol. The molecular weight excluding hydrogens is 208 g/mol. The number of carbonyl (C=O) groups is 1. The number of carbonyl (C=O) groups excluding carboxylic acids is 1. The fourth-order valence-electron chi connectivity index (χ4n) is 0.823. The van der Waals surface area contributed by atoms with Crippen molar-refractivity contribution in [3.8, 4) is 0 Å².